The average molecular weight is 352 g/mol. The minimum Gasteiger partial charge on any atom is -0.434 e. The van der Waals surface area contributed by atoms with E-state index in [9.17, 15) is 14.9 Å². The third kappa shape index (κ3) is 3.87. The largest absolute Gasteiger partial charge is 0.434 e. The van der Waals surface area contributed by atoms with Gasteiger partial charge in [-0.05, 0) is 24.3 Å². The van der Waals surface area contributed by atoms with E-state index in [1.807, 2.05) is 0 Å². The fourth-order valence-corrected chi connectivity index (χ4v) is 1.98. The van der Waals surface area contributed by atoms with E-state index >= 15 is 0 Å². The maximum Gasteiger partial charge on any atom is 0.374 e. The summed E-state index contributed by atoms with van der Waals surface area (Å²) in [7, 11) is 0. The third-order valence-electron chi connectivity index (χ3n) is 3.15. The highest BCUT2D eigenvalue weighted by Gasteiger charge is 2.25. The molecule has 0 unspecified atom stereocenters. The number of hydrogen-bond donors (Lipinski definition) is 2. The Morgan fingerprint density at radius 2 is 1.92 bits per heavy atom. The second-order valence-electron chi connectivity index (χ2n) is 4.87. The molecule has 0 radical (unpaired) electrons. The van der Waals surface area contributed by atoms with Crippen LogP contribution in [0.15, 0.2) is 61.2 Å². The van der Waals surface area contributed by atoms with Gasteiger partial charge in [-0.3, -0.25) is 30.7 Å². The number of carbonyl (C=O) groups is 1. The summed E-state index contributed by atoms with van der Waals surface area (Å²) < 4.78 is 5.45. The zero-order chi connectivity index (χ0) is 18.4. The van der Waals surface area contributed by atoms with Gasteiger partial charge >= 0.3 is 11.6 Å². The molecule has 0 aliphatic carbocycles. The highest BCUT2D eigenvalue weighted by Crippen LogP contribution is 2.33. The lowest BCUT2D eigenvalue weighted by molar-refractivity contribution is -0.385. The van der Waals surface area contributed by atoms with E-state index < -0.39 is 16.5 Å². The van der Waals surface area contributed by atoms with Crippen LogP contribution in [0.2, 0.25) is 0 Å². The number of anilines is 1. The van der Waals surface area contributed by atoms with Crippen molar-refractivity contribution in [3.8, 4) is 11.6 Å². The van der Waals surface area contributed by atoms with Crippen LogP contribution in [-0.4, -0.2) is 25.8 Å². The Bertz CT molecular complexity index is 921. The van der Waals surface area contributed by atoms with E-state index in [0.717, 1.165) is 6.33 Å². The average Bonchev–Trinajstić information content (AvgIpc) is 2.67. The van der Waals surface area contributed by atoms with Crippen molar-refractivity contribution in [1.82, 2.24) is 20.4 Å². The first-order chi connectivity index (χ1) is 12.6. The first kappa shape index (κ1) is 16.8. The third-order valence-corrected chi connectivity index (χ3v) is 3.15. The lowest BCUT2D eigenvalue weighted by atomic mass is 10.3. The summed E-state index contributed by atoms with van der Waals surface area (Å²) in [6, 6.07) is 11.6. The van der Waals surface area contributed by atoms with Gasteiger partial charge < -0.3 is 4.74 Å². The van der Waals surface area contributed by atoms with Gasteiger partial charge in [-0.1, -0.05) is 18.2 Å². The van der Waals surface area contributed by atoms with Gasteiger partial charge in [0.05, 0.1) is 10.5 Å². The molecule has 0 saturated carbocycles. The highest BCUT2D eigenvalue weighted by atomic mass is 16.6. The number of carbonyl (C=O) groups excluding carboxylic acids is 1. The molecule has 0 atom stereocenters. The number of hydrazine groups is 1. The van der Waals surface area contributed by atoms with Crippen LogP contribution in [0, 0.1) is 10.1 Å². The molecule has 2 aromatic heterocycles. The molecule has 1 amide bonds. The van der Waals surface area contributed by atoms with Crippen molar-refractivity contribution in [2.75, 3.05) is 5.43 Å². The Kier molecular flexibility index (Phi) is 4.94. The summed E-state index contributed by atoms with van der Waals surface area (Å²) in [6.07, 6.45) is 3.96. The standard InChI is InChI=1S/C16H12N6O4/c23-15(11-5-4-8-17-9-11)21-20-14-13(22(24)25)16(19-10-18-14)26-12-6-2-1-3-7-12/h1-10H,(H,21,23)(H,18,19,20). The Morgan fingerprint density at radius 1 is 1.12 bits per heavy atom. The molecule has 130 valence electrons. The molecule has 0 bridgehead atoms. The molecular formula is C16H12N6O4. The number of aromatic nitrogens is 3. The molecule has 26 heavy (non-hydrogen) atoms. The molecule has 10 heteroatoms. The van der Waals surface area contributed by atoms with E-state index in [0.29, 0.717) is 5.75 Å². The Balaban J connectivity index is 1.82. The van der Waals surface area contributed by atoms with Crippen LogP contribution in [0.25, 0.3) is 0 Å². The topological polar surface area (TPSA) is 132 Å². The second kappa shape index (κ2) is 7.66. The first-order valence-corrected chi connectivity index (χ1v) is 7.34. The monoisotopic (exact) mass is 352 g/mol. The van der Waals surface area contributed by atoms with E-state index in [-0.39, 0.29) is 17.3 Å². The van der Waals surface area contributed by atoms with Crippen molar-refractivity contribution in [1.29, 1.82) is 0 Å². The van der Waals surface area contributed by atoms with Gasteiger partial charge in [-0.25, -0.2) is 4.98 Å². The minimum absolute atomic E-state index is 0.215. The summed E-state index contributed by atoms with van der Waals surface area (Å²) >= 11 is 0. The molecule has 0 aliphatic heterocycles. The highest BCUT2D eigenvalue weighted by molar-refractivity contribution is 5.94. The molecule has 3 aromatic rings. The predicted octanol–water partition coefficient (Wildman–Crippen LogP) is 2.33. The quantitative estimate of drug-likeness (QED) is 0.510. The van der Waals surface area contributed by atoms with Crippen molar-refractivity contribution >= 4 is 17.4 Å². The van der Waals surface area contributed by atoms with Gasteiger partial charge in [0.1, 0.15) is 12.1 Å². The fourth-order valence-electron chi connectivity index (χ4n) is 1.98. The summed E-state index contributed by atoms with van der Waals surface area (Å²) in [5.41, 5.74) is 4.51. The predicted molar refractivity (Wildman–Crippen MR) is 90.5 cm³/mol. The van der Waals surface area contributed by atoms with Gasteiger partial charge in [0.15, 0.2) is 0 Å². The van der Waals surface area contributed by atoms with Crippen LogP contribution in [0.4, 0.5) is 11.5 Å². The van der Waals surface area contributed by atoms with Crippen molar-refractivity contribution in [3.05, 3.63) is 76.9 Å². The number of ether oxygens (including phenoxy) is 1. The van der Waals surface area contributed by atoms with Gasteiger partial charge in [0.25, 0.3) is 5.91 Å². The van der Waals surface area contributed by atoms with Gasteiger partial charge in [-0.2, -0.15) is 4.98 Å². The van der Waals surface area contributed by atoms with Crippen LogP contribution in [0.1, 0.15) is 10.4 Å². The van der Waals surface area contributed by atoms with Crippen LogP contribution in [-0.2, 0) is 0 Å². The molecule has 1 aromatic carbocycles. The number of hydrogen-bond acceptors (Lipinski definition) is 8. The molecule has 3 rings (SSSR count). The van der Waals surface area contributed by atoms with Gasteiger partial charge in [0, 0.05) is 12.4 Å². The Labute approximate surface area is 147 Å². The molecule has 0 fully saturated rings. The number of para-hydroxylation sites is 1. The van der Waals surface area contributed by atoms with Crippen LogP contribution >= 0.6 is 0 Å². The van der Waals surface area contributed by atoms with Crippen LogP contribution in [0.5, 0.6) is 11.6 Å². The number of benzene rings is 1. The molecule has 0 aliphatic rings. The zero-order valence-electron chi connectivity index (χ0n) is 13.2. The maximum absolute atomic E-state index is 12.0. The number of pyridine rings is 1. The summed E-state index contributed by atoms with van der Waals surface area (Å²) in [5.74, 6) is -0.626. The molecule has 0 saturated heterocycles. The van der Waals surface area contributed by atoms with E-state index in [1.165, 1.54) is 12.4 Å². The summed E-state index contributed by atoms with van der Waals surface area (Å²) in [6.45, 7) is 0. The number of nitro groups is 1. The molecular weight excluding hydrogens is 340 g/mol. The van der Waals surface area contributed by atoms with Crippen LogP contribution < -0.4 is 15.6 Å². The molecule has 10 nitrogen and oxygen atoms in total. The van der Waals surface area contributed by atoms with Crippen LogP contribution in [0.3, 0.4) is 0 Å². The molecule has 2 N–H and O–H groups in total. The molecule has 0 spiro atoms. The number of amides is 1. The zero-order valence-corrected chi connectivity index (χ0v) is 13.2. The number of nitrogens with one attached hydrogen (secondary N) is 2. The number of nitrogens with zero attached hydrogens (tertiary/aromatic N) is 4. The fraction of sp³-hybridized carbons (Fsp3) is 0. The van der Waals surface area contributed by atoms with Crippen molar-refractivity contribution in [2.24, 2.45) is 0 Å². The van der Waals surface area contributed by atoms with Gasteiger partial charge in [0.2, 0.25) is 5.82 Å². The summed E-state index contributed by atoms with van der Waals surface area (Å²) in [4.78, 5) is 34.2. The normalized spacial score (nSPS) is 10.0. The smallest absolute Gasteiger partial charge is 0.374 e. The molecule has 2 heterocycles. The van der Waals surface area contributed by atoms with Gasteiger partial charge in [-0.15, -0.1) is 0 Å². The van der Waals surface area contributed by atoms with E-state index in [4.69, 9.17) is 4.74 Å². The Morgan fingerprint density at radius 3 is 2.62 bits per heavy atom. The first-order valence-electron chi connectivity index (χ1n) is 7.34. The summed E-state index contributed by atoms with van der Waals surface area (Å²) in [5, 5.41) is 11.4. The SMILES string of the molecule is O=C(NNc1ncnc(Oc2ccccc2)c1[N+](=O)[O-])c1cccnc1. The lowest BCUT2D eigenvalue weighted by Crippen LogP contribution is -2.30. The van der Waals surface area contributed by atoms with E-state index in [1.54, 1.807) is 42.5 Å². The van der Waals surface area contributed by atoms with Crippen molar-refractivity contribution in [3.63, 3.8) is 0 Å². The van der Waals surface area contributed by atoms with Crippen molar-refractivity contribution < 1.29 is 14.5 Å². The second-order valence-corrected chi connectivity index (χ2v) is 4.87. The maximum atomic E-state index is 12.0. The minimum atomic E-state index is -0.698. The Hall–Kier alpha value is -4.08. The number of rotatable bonds is 6. The van der Waals surface area contributed by atoms with E-state index in [2.05, 4.69) is 25.8 Å². The van der Waals surface area contributed by atoms with Crippen molar-refractivity contribution in [2.45, 2.75) is 0 Å². The lowest BCUT2D eigenvalue weighted by Gasteiger charge is -2.10.